The molecule has 3 rings (SSSR count). The van der Waals surface area contributed by atoms with Gasteiger partial charge in [0.1, 0.15) is 5.75 Å². The highest BCUT2D eigenvalue weighted by molar-refractivity contribution is 7.18. The van der Waals surface area contributed by atoms with Crippen LogP contribution in [0.1, 0.15) is 17.8 Å². The maximum absolute atomic E-state index is 12.0. The summed E-state index contributed by atoms with van der Waals surface area (Å²) in [6, 6.07) is 11.6. The van der Waals surface area contributed by atoms with Crippen LogP contribution in [-0.4, -0.2) is 35.5 Å². The number of carbonyl (C=O) groups excluding carboxylic acids is 2. The number of para-hydroxylation sites is 1. The van der Waals surface area contributed by atoms with Crippen molar-refractivity contribution in [3.05, 3.63) is 57.6 Å². The number of aryl methyl sites for hydroxylation is 1. The number of fused-ring (bicyclic) bond motifs is 1. The number of carbonyl (C=O) groups is 2. The second kappa shape index (κ2) is 9.79. The molecule has 0 atom stereocenters. The van der Waals surface area contributed by atoms with Gasteiger partial charge in [0.15, 0.2) is 6.61 Å². The second-order valence-corrected chi connectivity index (χ2v) is 7.39. The molecule has 2 aromatic carbocycles. The zero-order valence-corrected chi connectivity index (χ0v) is 16.9. The fourth-order valence-electron chi connectivity index (χ4n) is 2.71. The number of nitro groups is 1. The Labute approximate surface area is 175 Å². The minimum Gasteiger partial charge on any atom is -0.494 e. The van der Waals surface area contributed by atoms with Gasteiger partial charge in [-0.1, -0.05) is 12.1 Å². The van der Waals surface area contributed by atoms with Crippen molar-refractivity contribution >= 4 is 44.8 Å². The molecule has 1 heterocycles. The van der Waals surface area contributed by atoms with Crippen LogP contribution < -0.4 is 10.1 Å². The monoisotopic (exact) mass is 429 g/mol. The molecule has 0 aliphatic rings. The van der Waals surface area contributed by atoms with E-state index in [1.54, 1.807) is 11.3 Å². The highest BCUT2D eigenvalue weighted by Gasteiger charge is 2.14. The third-order valence-corrected chi connectivity index (χ3v) is 5.24. The lowest BCUT2D eigenvalue weighted by Gasteiger charge is -2.10. The van der Waals surface area contributed by atoms with E-state index >= 15 is 0 Å². The summed E-state index contributed by atoms with van der Waals surface area (Å²) in [5.74, 6) is -0.914. The number of nitro benzene ring substituents is 1. The van der Waals surface area contributed by atoms with E-state index < -0.39 is 23.4 Å². The van der Waals surface area contributed by atoms with Crippen molar-refractivity contribution in [2.24, 2.45) is 0 Å². The molecule has 1 aromatic heterocycles. The molecule has 0 saturated heterocycles. The van der Waals surface area contributed by atoms with Crippen molar-refractivity contribution < 1.29 is 24.0 Å². The number of aromatic nitrogens is 1. The molecule has 1 amide bonds. The first-order valence-electron chi connectivity index (χ1n) is 9.08. The molecule has 0 saturated carbocycles. The normalized spacial score (nSPS) is 10.6. The summed E-state index contributed by atoms with van der Waals surface area (Å²) in [5.41, 5.74) is 1.03. The molecule has 0 aliphatic heterocycles. The summed E-state index contributed by atoms with van der Waals surface area (Å²) in [4.78, 5) is 38.6. The first-order valence-corrected chi connectivity index (χ1v) is 9.90. The van der Waals surface area contributed by atoms with E-state index in [0.29, 0.717) is 12.8 Å². The minimum atomic E-state index is -0.568. The third-order valence-electron chi connectivity index (χ3n) is 4.14. The number of non-ortho nitro benzene ring substituents is 1. The SMILES string of the molecule is COc1cc([N+](=O)[O-])ccc1NC(=O)COC(=O)CCCc1nc2ccccc2s1. The van der Waals surface area contributed by atoms with Gasteiger partial charge in [-0.25, -0.2) is 4.98 Å². The fraction of sp³-hybridized carbons (Fsp3) is 0.250. The highest BCUT2D eigenvalue weighted by Crippen LogP contribution is 2.29. The van der Waals surface area contributed by atoms with Gasteiger partial charge in [-0.3, -0.25) is 19.7 Å². The number of thiazole rings is 1. The average Bonchev–Trinajstić information content (AvgIpc) is 3.15. The Morgan fingerprint density at radius 3 is 2.77 bits per heavy atom. The molecule has 1 N–H and O–H groups in total. The summed E-state index contributed by atoms with van der Waals surface area (Å²) in [5, 5.41) is 14.3. The molecular weight excluding hydrogens is 410 g/mol. The van der Waals surface area contributed by atoms with Crippen LogP contribution >= 0.6 is 11.3 Å². The van der Waals surface area contributed by atoms with Crippen LogP contribution in [0.2, 0.25) is 0 Å². The predicted molar refractivity (Wildman–Crippen MR) is 112 cm³/mol. The number of anilines is 1. The van der Waals surface area contributed by atoms with Crippen molar-refractivity contribution in [2.75, 3.05) is 19.0 Å². The number of ether oxygens (including phenoxy) is 2. The van der Waals surface area contributed by atoms with Crippen molar-refractivity contribution in [3.8, 4) is 5.75 Å². The van der Waals surface area contributed by atoms with Crippen molar-refractivity contribution in [3.63, 3.8) is 0 Å². The molecule has 0 radical (unpaired) electrons. The Morgan fingerprint density at radius 2 is 2.03 bits per heavy atom. The summed E-state index contributed by atoms with van der Waals surface area (Å²) in [7, 11) is 1.33. The summed E-state index contributed by atoms with van der Waals surface area (Å²) < 4.78 is 11.1. The van der Waals surface area contributed by atoms with Crippen LogP contribution in [-0.2, 0) is 20.7 Å². The van der Waals surface area contributed by atoms with Gasteiger partial charge in [-0.15, -0.1) is 11.3 Å². The average molecular weight is 429 g/mol. The van der Waals surface area contributed by atoms with Crippen molar-refractivity contribution in [1.29, 1.82) is 0 Å². The minimum absolute atomic E-state index is 0.139. The number of nitrogens with zero attached hydrogens (tertiary/aromatic N) is 2. The quantitative estimate of drug-likeness (QED) is 0.313. The molecule has 3 aromatic rings. The molecule has 0 unspecified atom stereocenters. The van der Waals surface area contributed by atoms with Gasteiger partial charge in [0.25, 0.3) is 11.6 Å². The summed E-state index contributed by atoms with van der Waals surface area (Å²) in [6.45, 7) is -0.458. The van der Waals surface area contributed by atoms with Gasteiger partial charge in [-0.05, 0) is 31.0 Å². The van der Waals surface area contributed by atoms with Gasteiger partial charge in [0, 0.05) is 12.5 Å². The molecule has 30 heavy (non-hydrogen) atoms. The van der Waals surface area contributed by atoms with E-state index in [-0.39, 0.29) is 23.5 Å². The number of nitrogens with one attached hydrogen (secondary N) is 1. The lowest BCUT2D eigenvalue weighted by atomic mass is 10.2. The van der Waals surface area contributed by atoms with Gasteiger partial charge in [0.05, 0.1) is 39.0 Å². The molecule has 156 valence electrons. The zero-order valence-electron chi connectivity index (χ0n) is 16.1. The molecule has 10 heteroatoms. The number of methoxy groups -OCH3 is 1. The lowest BCUT2D eigenvalue weighted by Crippen LogP contribution is -2.21. The predicted octanol–water partition coefficient (Wildman–Crippen LogP) is 3.72. The number of hydrogen-bond donors (Lipinski definition) is 1. The van der Waals surface area contributed by atoms with Crippen LogP contribution in [0.15, 0.2) is 42.5 Å². The molecule has 0 fully saturated rings. The van der Waals surface area contributed by atoms with E-state index in [1.807, 2.05) is 24.3 Å². The Morgan fingerprint density at radius 1 is 1.23 bits per heavy atom. The topological polar surface area (TPSA) is 121 Å². The number of hydrogen-bond acceptors (Lipinski definition) is 8. The fourth-order valence-corrected chi connectivity index (χ4v) is 3.72. The first-order chi connectivity index (χ1) is 14.5. The highest BCUT2D eigenvalue weighted by atomic mass is 32.1. The van der Waals surface area contributed by atoms with E-state index in [2.05, 4.69) is 10.3 Å². The molecule has 0 aliphatic carbocycles. The van der Waals surface area contributed by atoms with Gasteiger partial charge >= 0.3 is 5.97 Å². The summed E-state index contributed by atoms with van der Waals surface area (Å²) >= 11 is 1.59. The number of amides is 1. The Bertz CT molecular complexity index is 1050. The Hall–Kier alpha value is -3.53. The van der Waals surface area contributed by atoms with Gasteiger partial charge in [0.2, 0.25) is 0 Å². The van der Waals surface area contributed by atoms with Crippen LogP contribution in [0.25, 0.3) is 10.2 Å². The zero-order chi connectivity index (χ0) is 21.5. The van der Waals surface area contributed by atoms with Gasteiger partial charge in [-0.2, -0.15) is 0 Å². The Balaban J connectivity index is 1.43. The van der Waals surface area contributed by atoms with E-state index in [9.17, 15) is 19.7 Å². The van der Waals surface area contributed by atoms with Crippen molar-refractivity contribution in [2.45, 2.75) is 19.3 Å². The lowest BCUT2D eigenvalue weighted by molar-refractivity contribution is -0.384. The smallest absolute Gasteiger partial charge is 0.306 e. The Kier molecular flexibility index (Phi) is 6.91. The maximum Gasteiger partial charge on any atom is 0.306 e. The van der Waals surface area contributed by atoms with E-state index in [4.69, 9.17) is 9.47 Å². The third kappa shape index (κ3) is 5.51. The standard InChI is InChI=1S/C20H19N3O6S/c1-28-16-11-13(23(26)27)9-10-14(16)21-18(24)12-29-20(25)8-4-7-19-22-15-5-2-3-6-17(15)30-19/h2-3,5-6,9-11H,4,7-8,12H2,1H3,(H,21,24). The molecule has 9 nitrogen and oxygen atoms in total. The van der Waals surface area contributed by atoms with E-state index in [1.165, 1.54) is 25.3 Å². The number of rotatable bonds is 9. The van der Waals surface area contributed by atoms with Crippen LogP contribution in [0.3, 0.4) is 0 Å². The van der Waals surface area contributed by atoms with E-state index in [0.717, 1.165) is 15.2 Å². The van der Waals surface area contributed by atoms with Crippen molar-refractivity contribution in [1.82, 2.24) is 4.98 Å². The van der Waals surface area contributed by atoms with Gasteiger partial charge < -0.3 is 14.8 Å². The van der Waals surface area contributed by atoms with Crippen LogP contribution in [0.4, 0.5) is 11.4 Å². The van der Waals surface area contributed by atoms with Crippen LogP contribution in [0, 0.1) is 10.1 Å². The number of benzene rings is 2. The summed E-state index contributed by atoms with van der Waals surface area (Å²) in [6.07, 6.45) is 1.39. The second-order valence-electron chi connectivity index (χ2n) is 6.28. The molecular formula is C20H19N3O6S. The largest absolute Gasteiger partial charge is 0.494 e. The van der Waals surface area contributed by atoms with Crippen LogP contribution in [0.5, 0.6) is 5.75 Å². The first kappa shape index (κ1) is 21.2. The number of esters is 1. The molecule has 0 bridgehead atoms. The maximum atomic E-state index is 12.0. The molecule has 0 spiro atoms.